The number of rotatable bonds is 6. The number of sulfonamides is 1. The third-order valence-electron chi connectivity index (χ3n) is 4.06. The van der Waals surface area contributed by atoms with E-state index >= 15 is 0 Å². The van der Waals surface area contributed by atoms with E-state index in [1.807, 2.05) is 30.3 Å². The summed E-state index contributed by atoms with van der Waals surface area (Å²) in [7, 11) is -3.96. The Morgan fingerprint density at radius 1 is 1.00 bits per heavy atom. The quantitative estimate of drug-likeness (QED) is 0.496. The molecule has 0 atom stereocenters. The Kier molecular flexibility index (Phi) is 6.05. The van der Waals surface area contributed by atoms with Gasteiger partial charge in [0.15, 0.2) is 0 Å². The third kappa shape index (κ3) is 4.54. The SMILES string of the molecule is CC(C)OC(=O)CN(c1ccc2ccccc2c1)S(=O)(=O)c1ccc(Br)cc1. The molecule has 3 rings (SSSR count). The molecule has 0 aromatic heterocycles. The van der Waals surface area contributed by atoms with Gasteiger partial charge in [-0.25, -0.2) is 8.42 Å². The smallest absolute Gasteiger partial charge is 0.327 e. The van der Waals surface area contributed by atoms with Gasteiger partial charge in [-0.1, -0.05) is 46.3 Å². The van der Waals surface area contributed by atoms with Crippen LogP contribution in [-0.4, -0.2) is 27.0 Å². The van der Waals surface area contributed by atoms with Crippen molar-refractivity contribution in [2.24, 2.45) is 0 Å². The van der Waals surface area contributed by atoms with Gasteiger partial charge in [0, 0.05) is 4.47 Å². The van der Waals surface area contributed by atoms with Gasteiger partial charge in [-0.15, -0.1) is 0 Å². The first-order valence-corrected chi connectivity index (χ1v) is 11.0. The van der Waals surface area contributed by atoms with Crippen LogP contribution in [0, 0.1) is 0 Å². The largest absolute Gasteiger partial charge is 0.462 e. The second kappa shape index (κ2) is 8.32. The first-order valence-electron chi connectivity index (χ1n) is 8.74. The lowest BCUT2D eigenvalue weighted by molar-refractivity contribution is -0.145. The van der Waals surface area contributed by atoms with E-state index in [1.54, 1.807) is 38.1 Å². The van der Waals surface area contributed by atoms with Gasteiger partial charge in [-0.3, -0.25) is 9.10 Å². The molecule has 0 saturated heterocycles. The average molecular weight is 462 g/mol. The van der Waals surface area contributed by atoms with Gasteiger partial charge in [-0.2, -0.15) is 0 Å². The third-order valence-corrected chi connectivity index (χ3v) is 6.38. The van der Waals surface area contributed by atoms with E-state index in [0.29, 0.717) is 5.69 Å². The average Bonchev–Trinajstić information content (AvgIpc) is 2.65. The molecule has 0 aliphatic rings. The Bertz CT molecular complexity index is 1090. The number of esters is 1. The van der Waals surface area contributed by atoms with Crippen LogP contribution in [0.1, 0.15) is 13.8 Å². The highest BCUT2D eigenvalue weighted by Crippen LogP contribution is 2.28. The first-order chi connectivity index (χ1) is 13.3. The summed E-state index contributed by atoms with van der Waals surface area (Å²) in [6.45, 7) is 3.04. The Morgan fingerprint density at radius 3 is 2.29 bits per heavy atom. The minimum absolute atomic E-state index is 0.0983. The van der Waals surface area contributed by atoms with Crippen LogP contribution < -0.4 is 4.31 Å². The number of ether oxygens (including phenoxy) is 1. The summed E-state index contributed by atoms with van der Waals surface area (Å²) >= 11 is 3.31. The molecule has 0 N–H and O–H groups in total. The highest BCUT2D eigenvalue weighted by Gasteiger charge is 2.28. The van der Waals surface area contributed by atoms with E-state index in [-0.39, 0.29) is 11.0 Å². The van der Waals surface area contributed by atoms with Crippen LogP contribution in [0.2, 0.25) is 0 Å². The fourth-order valence-electron chi connectivity index (χ4n) is 2.80. The second-order valence-corrected chi connectivity index (χ2v) is 9.31. The second-order valence-electron chi connectivity index (χ2n) is 6.54. The van der Waals surface area contributed by atoms with Gasteiger partial charge in [0.05, 0.1) is 16.7 Å². The summed E-state index contributed by atoms with van der Waals surface area (Å²) in [5.74, 6) is -0.608. The highest BCUT2D eigenvalue weighted by molar-refractivity contribution is 9.10. The van der Waals surface area contributed by atoms with E-state index in [9.17, 15) is 13.2 Å². The number of carbonyl (C=O) groups excluding carboxylic acids is 1. The predicted octanol–water partition coefficient (Wildman–Crippen LogP) is 4.75. The van der Waals surface area contributed by atoms with Crippen molar-refractivity contribution in [1.29, 1.82) is 0 Å². The minimum Gasteiger partial charge on any atom is -0.462 e. The number of carbonyl (C=O) groups is 1. The van der Waals surface area contributed by atoms with Crippen LogP contribution in [0.5, 0.6) is 0 Å². The van der Waals surface area contributed by atoms with E-state index < -0.39 is 22.5 Å². The number of anilines is 1. The van der Waals surface area contributed by atoms with E-state index in [0.717, 1.165) is 19.6 Å². The molecule has 5 nitrogen and oxygen atoms in total. The summed E-state index contributed by atoms with van der Waals surface area (Å²) in [5, 5.41) is 1.87. The van der Waals surface area contributed by atoms with Crippen LogP contribution in [0.3, 0.4) is 0 Å². The highest BCUT2D eigenvalue weighted by atomic mass is 79.9. The molecule has 0 spiro atoms. The number of hydrogen-bond donors (Lipinski definition) is 0. The molecular weight excluding hydrogens is 442 g/mol. The molecule has 0 heterocycles. The summed E-state index contributed by atoms with van der Waals surface area (Å²) in [5.41, 5.74) is 0.405. The van der Waals surface area contributed by atoms with Crippen molar-refractivity contribution >= 4 is 48.4 Å². The molecule has 0 saturated carbocycles. The maximum atomic E-state index is 13.3. The normalized spacial score (nSPS) is 11.6. The Morgan fingerprint density at radius 2 is 1.64 bits per heavy atom. The van der Waals surface area contributed by atoms with Crippen molar-refractivity contribution in [2.45, 2.75) is 24.8 Å². The van der Waals surface area contributed by atoms with Crippen LogP contribution in [-0.2, 0) is 19.6 Å². The molecule has 0 aliphatic carbocycles. The fourth-order valence-corrected chi connectivity index (χ4v) is 4.46. The number of halogens is 1. The predicted molar refractivity (Wildman–Crippen MR) is 114 cm³/mol. The van der Waals surface area contributed by atoms with Crippen molar-refractivity contribution in [3.05, 3.63) is 71.2 Å². The zero-order chi connectivity index (χ0) is 20.3. The molecule has 0 unspecified atom stereocenters. The molecule has 0 fully saturated rings. The first kappa shape index (κ1) is 20.4. The van der Waals surface area contributed by atoms with Gasteiger partial charge in [0.1, 0.15) is 6.54 Å². The minimum atomic E-state index is -3.96. The monoisotopic (exact) mass is 461 g/mol. The van der Waals surface area contributed by atoms with E-state index in [1.165, 1.54) is 12.1 Å². The number of fused-ring (bicyclic) bond motifs is 1. The van der Waals surface area contributed by atoms with E-state index in [4.69, 9.17) is 4.74 Å². The van der Waals surface area contributed by atoms with Gasteiger partial charge in [-0.05, 0) is 61.0 Å². The lowest BCUT2D eigenvalue weighted by Gasteiger charge is -2.24. The maximum absolute atomic E-state index is 13.3. The Hall–Kier alpha value is -2.38. The lowest BCUT2D eigenvalue weighted by Crippen LogP contribution is -2.37. The molecule has 0 radical (unpaired) electrons. The Labute approximate surface area is 173 Å². The molecule has 0 amide bonds. The fraction of sp³-hybridized carbons (Fsp3) is 0.190. The molecule has 7 heteroatoms. The number of nitrogens with zero attached hydrogens (tertiary/aromatic N) is 1. The molecule has 28 heavy (non-hydrogen) atoms. The molecule has 146 valence electrons. The van der Waals surface area contributed by atoms with Crippen molar-refractivity contribution < 1.29 is 17.9 Å². The van der Waals surface area contributed by atoms with Gasteiger partial charge >= 0.3 is 5.97 Å². The van der Waals surface area contributed by atoms with Crippen LogP contribution in [0.15, 0.2) is 76.1 Å². The molecule has 0 bridgehead atoms. The topological polar surface area (TPSA) is 63.7 Å². The Balaban J connectivity index is 2.07. The number of hydrogen-bond acceptors (Lipinski definition) is 4. The van der Waals surface area contributed by atoms with Crippen molar-refractivity contribution in [3.63, 3.8) is 0 Å². The lowest BCUT2D eigenvalue weighted by atomic mass is 10.1. The van der Waals surface area contributed by atoms with Gasteiger partial charge in [0.2, 0.25) is 0 Å². The van der Waals surface area contributed by atoms with Crippen molar-refractivity contribution in [3.8, 4) is 0 Å². The van der Waals surface area contributed by atoms with Crippen LogP contribution >= 0.6 is 15.9 Å². The molecule has 3 aromatic carbocycles. The summed E-state index contributed by atoms with van der Waals surface area (Å²) in [4.78, 5) is 12.4. The summed E-state index contributed by atoms with van der Waals surface area (Å²) < 4.78 is 33.7. The van der Waals surface area contributed by atoms with Crippen molar-refractivity contribution in [2.75, 3.05) is 10.8 Å². The van der Waals surface area contributed by atoms with Gasteiger partial charge in [0.25, 0.3) is 10.0 Å². The van der Waals surface area contributed by atoms with Crippen molar-refractivity contribution in [1.82, 2.24) is 0 Å². The zero-order valence-electron chi connectivity index (χ0n) is 15.5. The number of benzene rings is 3. The summed E-state index contributed by atoms with van der Waals surface area (Å²) in [6.07, 6.45) is -0.332. The standard InChI is InChI=1S/C21H20BrNO4S/c1-15(2)27-21(24)14-23(28(25,26)20-11-8-18(22)9-12-20)19-10-7-16-5-3-4-6-17(16)13-19/h3-13,15H,14H2,1-2H3. The van der Waals surface area contributed by atoms with E-state index in [2.05, 4.69) is 15.9 Å². The van der Waals surface area contributed by atoms with Crippen LogP contribution in [0.25, 0.3) is 10.8 Å². The maximum Gasteiger partial charge on any atom is 0.327 e. The molecular formula is C21H20BrNO4S. The molecule has 0 aliphatic heterocycles. The van der Waals surface area contributed by atoms with Gasteiger partial charge < -0.3 is 4.74 Å². The van der Waals surface area contributed by atoms with Crippen LogP contribution in [0.4, 0.5) is 5.69 Å². The zero-order valence-corrected chi connectivity index (χ0v) is 17.9. The molecule has 3 aromatic rings. The summed E-state index contributed by atoms with van der Waals surface area (Å²) in [6, 6.07) is 19.2.